The molecule has 39 heavy (non-hydrogen) atoms. The number of anilines is 1. The smallest absolute Gasteiger partial charge is 0.406 e. The Morgan fingerprint density at radius 1 is 0.949 bits per heavy atom. The van der Waals surface area contributed by atoms with Gasteiger partial charge in [0, 0.05) is 17.9 Å². The molecule has 4 aromatic rings. The Morgan fingerprint density at radius 3 is 2.36 bits per heavy atom. The second-order valence-corrected chi connectivity index (χ2v) is 9.29. The van der Waals surface area contributed by atoms with Crippen LogP contribution >= 0.6 is 11.8 Å². The van der Waals surface area contributed by atoms with Crippen LogP contribution in [0.25, 0.3) is 17.1 Å². The molecule has 2 heterocycles. The molecular formula is C26H19F5N6OS. The van der Waals surface area contributed by atoms with Crippen molar-refractivity contribution < 1.29 is 26.7 Å². The summed E-state index contributed by atoms with van der Waals surface area (Å²) in [5.74, 6) is -0.471. The summed E-state index contributed by atoms with van der Waals surface area (Å²) in [5, 5.41) is 13.1. The summed E-state index contributed by atoms with van der Waals surface area (Å²) in [6.07, 6.45) is -1.03. The van der Waals surface area contributed by atoms with Gasteiger partial charge in [0.15, 0.2) is 11.0 Å². The quantitative estimate of drug-likeness (QED) is 0.155. The topological polar surface area (TPSA) is 67.9 Å². The largest absolute Gasteiger partial charge is 0.573 e. The van der Waals surface area contributed by atoms with Crippen molar-refractivity contribution in [1.29, 1.82) is 0 Å². The average Bonchev–Trinajstić information content (AvgIpc) is 3.40. The summed E-state index contributed by atoms with van der Waals surface area (Å²) in [6.45, 7) is 0.430. The molecule has 0 aliphatic carbocycles. The highest BCUT2D eigenvalue weighted by atomic mass is 32.2. The number of halogens is 5. The number of para-hydroxylation sites is 1. The van der Waals surface area contributed by atoms with E-state index in [1.807, 2.05) is 0 Å². The third kappa shape index (κ3) is 6.42. The molecule has 1 saturated heterocycles. The summed E-state index contributed by atoms with van der Waals surface area (Å²) in [5.41, 5.74) is 1.81. The van der Waals surface area contributed by atoms with E-state index in [4.69, 9.17) is 0 Å². The van der Waals surface area contributed by atoms with Crippen LogP contribution in [0, 0.1) is 11.6 Å². The van der Waals surface area contributed by atoms with Crippen LogP contribution in [0.15, 0.2) is 83.3 Å². The van der Waals surface area contributed by atoms with Gasteiger partial charge in [-0.1, -0.05) is 42.1 Å². The molecule has 0 amide bonds. The van der Waals surface area contributed by atoms with Crippen LogP contribution in [0.4, 0.5) is 27.6 Å². The van der Waals surface area contributed by atoms with Gasteiger partial charge in [-0.2, -0.15) is 5.10 Å². The van der Waals surface area contributed by atoms with Crippen LogP contribution in [0.1, 0.15) is 12.0 Å². The number of hydrogen-bond acceptors (Lipinski definition) is 6. The van der Waals surface area contributed by atoms with Crippen molar-refractivity contribution in [1.82, 2.24) is 14.8 Å². The lowest BCUT2D eigenvalue weighted by Gasteiger charge is -2.29. The summed E-state index contributed by atoms with van der Waals surface area (Å²) in [4.78, 5) is 5.76. The molecule has 0 bridgehead atoms. The Balaban J connectivity index is 1.27. The number of amidine groups is 1. The first-order valence-corrected chi connectivity index (χ1v) is 12.6. The third-order valence-corrected chi connectivity index (χ3v) is 6.59. The first kappa shape index (κ1) is 26.4. The minimum Gasteiger partial charge on any atom is -0.406 e. The third-order valence-electron chi connectivity index (χ3n) is 5.54. The van der Waals surface area contributed by atoms with Gasteiger partial charge in [-0.25, -0.2) is 18.4 Å². The second-order valence-electron chi connectivity index (χ2n) is 8.23. The zero-order chi connectivity index (χ0) is 27.4. The Bertz CT molecular complexity index is 1480. The molecule has 0 atom stereocenters. The van der Waals surface area contributed by atoms with E-state index in [2.05, 4.69) is 25.0 Å². The molecule has 0 unspecified atom stereocenters. The molecule has 7 nitrogen and oxygen atoms in total. The Morgan fingerprint density at radius 2 is 1.67 bits per heavy atom. The molecular weight excluding hydrogens is 539 g/mol. The number of ether oxygens (including phenoxy) is 1. The van der Waals surface area contributed by atoms with E-state index in [0.717, 1.165) is 17.7 Å². The van der Waals surface area contributed by atoms with Gasteiger partial charge in [-0.3, -0.25) is 0 Å². The summed E-state index contributed by atoms with van der Waals surface area (Å²) in [6, 6.07) is 16.1. The number of aromatic nitrogens is 3. The van der Waals surface area contributed by atoms with Crippen LogP contribution in [0.3, 0.4) is 0 Å². The molecule has 13 heteroatoms. The van der Waals surface area contributed by atoms with Crippen LogP contribution in [0.2, 0.25) is 0 Å². The van der Waals surface area contributed by atoms with Crippen LogP contribution in [-0.2, 0) is 0 Å². The Labute approximate surface area is 223 Å². The zero-order valence-corrected chi connectivity index (χ0v) is 20.8. The van der Waals surface area contributed by atoms with Gasteiger partial charge in [-0.15, -0.1) is 23.4 Å². The number of hydrogen-bond donors (Lipinski definition) is 0. The molecule has 1 aliphatic rings. The number of thioether (sulfide) groups is 1. The van der Waals surface area contributed by atoms with Crippen LogP contribution < -0.4 is 9.64 Å². The first-order valence-electron chi connectivity index (χ1n) is 11.6. The monoisotopic (exact) mass is 558 g/mol. The van der Waals surface area contributed by atoms with E-state index >= 15 is 0 Å². The van der Waals surface area contributed by atoms with Gasteiger partial charge in [-0.05, 0) is 48.4 Å². The number of rotatable bonds is 6. The van der Waals surface area contributed by atoms with Crippen LogP contribution in [-0.4, -0.2) is 44.8 Å². The standard InChI is InChI=1S/C26H19F5N6OS/c27-21-3-1-4-22(28)23(21)36-13-2-14-39-25(36)34-33-15-17-5-7-18(8-6-17)24-32-16-37(35-24)19-9-11-20(12-10-19)38-26(29,30)31/h1,3-12,15-16H,2,13-14H2/b33-15+,34-25-. The van der Waals surface area contributed by atoms with E-state index in [0.29, 0.717) is 28.8 Å². The molecule has 1 aliphatic heterocycles. The molecule has 1 aromatic heterocycles. The van der Waals surface area contributed by atoms with Crippen molar-refractivity contribution in [3.8, 4) is 22.8 Å². The molecule has 5 rings (SSSR count). The maximum Gasteiger partial charge on any atom is 0.573 e. The minimum atomic E-state index is -4.76. The Hall–Kier alpha value is -4.26. The SMILES string of the molecule is Fc1cccc(F)c1N1CCCS/C1=N\N=C\c1ccc(-c2ncn(-c3ccc(OC(F)(F)F)cc3)n2)cc1. The maximum absolute atomic E-state index is 14.3. The minimum absolute atomic E-state index is 0.138. The van der Waals surface area contributed by atoms with Gasteiger partial charge >= 0.3 is 6.36 Å². The lowest BCUT2D eigenvalue weighted by atomic mass is 10.1. The molecule has 200 valence electrons. The van der Waals surface area contributed by atoms with Gasteiger partial charge in [0.05, 0.1) is 11.9 Å². The highest BCUT2D eigenvalue weighted by molar-refractivity contribution is 8.14. The normalized spacial score (nSPS) is 15.3. The number of benzene rings is 3. The van der Waals surface area contributed by atoms with Gasteiger partial charge in [0.2, 0.25) is 0 Å². The van der Waals surface area contributed by atoms with Crippen molar-refractivity contribution >= 4 is 28.8 Å². The number of nitrogens with zero attached hydrogens (tertiary/aromatic N) is 6. The molecule has 3 aromatic carbocycles. The molecule has 0 spiro atoms. The van der Waals surface area contributed by atoms with E-state index in [-0.39, 0.29) is 11.4 Å². The zero-order valence-electron chi connectivity index (χ0n) is 20.0. The first-order chi connectivity index (χ1) is 18.8. The highest BCUT2D eigenvalue weighted by Gasteiger charge is 2.31. The summed E-state index contributed by atoms with van der Waals surface area (Å²) in [7, 11) is 0. The van der Waals surface area contributed by atoms with Gasteiger partial charge in [0.25, 0.3) is 0 Å². The van der Waals surface area contributed by atoms with E-state index in [9.17, 15) is 22.0 Å². The van der Waals surface area contributed by atoms with Crippen molar-refractivity contribution in [2.75, 3.05) is 17.2 Å². The fourth-order valence-electron chi connectivity index (χ4n) is 3.78. The van der Waals surface area contributed by atoms with Gasteiger partial charge < -0.3 is 9.64 Å². The predicted molar refractivity (Wildman–Crippen MR) is 139 cm³/mol. The van der Waals surface area contributed by atoms with Crippen molar-refractivity contribution in [2.45, 2.75) is 12.8 Å². The van der Waals surface area contributed by atoms with E-state index in [1.54, 1.807) is 24.3 Å². The van der Waals surface area contributed by atoms with Crippen LogP contribution in [0.5, 0.6) is 5.75 Å². The van der Waals surface area contributed by atoms with Crippen molar-refractivity contribution in [3.05, 3.63) is 90.3 Å². The fourth-order valence-corrected chi connectivity index (χ4v) is 4.68. The van der Waals surface area contributed by atoms with Gasteiger partial charge in [0.1, 0.15) is 29.4 Å². The van der Waals surface area contributed by atoms with Crippen molar-refractivity contribution in [3.63, 3.8) is 0 Å². The predicted octanol–water partition coefficient (Wildman–Crippen LogP) is 6.44. The number of alkyl halides is 3. The summed E-state index contributed by atoms with van der Waals surface area (Å²) < 4.78 is 71.0. The summed E-state index contributed by atoms with van der Waals surface area (Å²) >= 11 is 1.37. The second kappa shape index (κ2) is 11.2. The fraction of sp³-hybridized carbons (Fsp3) is 0.154. The van der Waals surface area contributed by atoms with E-state index < -0.39 is 18.0 Å². The maximum atomic E-state index is 14.3. The van der Waals surface area contributed by atoms with E-state index in [1.165, 1.54) is 76.4 Å². The average molecular weight is 559 g/mol. The molecule has 0 N–H and O–H groups in total. The lowest BCUT2D eigenvalue weighted by molar-refractivity contribution is -0.274. The molecule has 1 fully saturated rings. The molecule has 0 radical (unpaired) electrons. The Kier molecular flexibility index (Phi) is 7.59. The lowest BCUT2D eigenvalue weighted by Crippen LogP contribution is -2.35. The molecule has 0 saturated carbocycles. The van der Waals surface area contributed by atoms with Crippen molar-refractivity contribution in [2.24, 2.45) is 10.2 Å². The highest BCUT2D eigenvalue weighted by Crippen LogP contribution is 2.30.